The zero-order valence-corrected chi connectivity index (χ0v) is 10.3. The zero-order chi connectivity index (χ0) is 12.6. The van der Waals surface area contributed by atoms with Gasteiger partial charge in [0.25, 0.3) is 0 Å². The van der Waals surface area contributed by atoms with Crippen molar-refractivity contribution in [3.63, 3.8) is 0 Å². The lowest BCUT2D eigenvalue weighted by Gasteiger charge is -2.32. The fraction of sp³-hybridized carbons (Fsp3) is 0.643. The molecule has 0 N–H and O–H groups in total. The van der Waals surface area contributed by atoms with Crippen LogP contribution in [0.1, 0.15) is 33.1 Å². The Labute approximate surface area is 101 Å². The van der Waals surface area contributed by atoms with Gasteiger partial charge in [0.05, 0.1) is 6.42 Å². The van der Waals surface area contributed by atoms with E-state index in [0.717, 1.165) is 6.42 Å². The molecule has 1 fully saturated rings. The van der Waals surface area contributed by atoms with Gasteiger partial charge in [-0.3, -0.25) is 9.59 Å². The predicted molar refractivity (Wildman–Crippen MR) is 63.3 cm³/mol. The molecule has 2 aliphatic carbocycles. The first-order valence-corrected chi connectivity index (χ1v) is 6.27. The largest absolute Gasteiger partial charge is 0.300 e. The number of fused-ring (bicyclic) bond motifs is 1. The predicted octanol–water partition coefficient (Wildman–Crippen LogP) is 1.95. The first-order chi connectivity index (χ1) is 8.04. The van der Waals surface area contributed by atoms with Crippen LogP contribution in [-0.2, 0) is 14.4 Å². The first-order valence-electron chi connectivity index (χ1n) is 6.27. The van der Waals surface area contributed by atoms with E-state index in [2.05, 4.69) is 0 Å². The summed E-state index contributed by atoms with van der Waals surface area (Å²) in [5, 5.41) is 0. The summed E-state index contributed by atoms with van der Waals surface area (Å²) in [5.74, 6) is -0.0797. The average Bonchev–Trinajstić information content (AvgIpc) is 2.55. The molecule has 0 bridgehead atoms. The van der Waals surface area contributed by atoms with Crippen LogP contribution in [0.3, 0.4) is 0 Å². The maximum atomic E-state index is 11.9. The number of allylic oxidation sites excluding steroid dienone is 2. The molecule has 17 heavy (non-hydrogen) atoms. The van der Waals surface area contributed by atoms with E-state index in [1.807, 2.05) is 19.1 Å². The molecule has 0 aromatic heterocycles. The van der Waals surface area contributed by atoms with Crippen molar-refractivity contribution in [3.8, 4) is 0 Å². The Morgan fingerprint density at radius 1 is 1.18 bits per heavy atom. The molecule has 0 aromatic rings. The maximum absolute atomic E-state index is 11.9. The monoisotopic (exact) mass is 234 g/mol. The molecule has 1 saturated carbocycles. The summed E-state index contributed by atoms with van der Waals surface area (Å²) < 4.78 is 0. The minimum atomic E-state index is -0.235. The normalized spacial score (nSPS) is 36.1. The quantitative estimate of drug-likeness (QED) is 0.554. The highest BCUT2D eigenvalue weighted by molar-refractivity contribution is 6.09. The molecular weight excluding hydrogens is 216 g/mol. The Morgan fingerprint density at radius 3 is 2.24 bits per heavy atom. The molecule has 2 rings (SSSR count). The van der Waals surface area contributed by atoms with E-state index >= 15 is 0 Å². The highest BCUT2D eigenvalue weighted by Crippen LogP contribution is 2.43. The van der Waals surface area contributed by atoms with E-state index in [0.29, 0.717) is 6.42 Å². The molecule has 92 valence electrons. The molecule has 0 saturated heterocycles. The number of hydrogen-bond donors (Lipinski definition) is 0. The van der Waals surface area contributed by atoms with Crippen molar-refractivity contribution >= 4 is 17.3 Å². The lowest BCUT2D eigenvalue weighted by atomic mass is 9.69. The van der Waals surface area contributed by atoms with Gasteiger partial charge in [0.15, 0.2) is 0 Å². The molecule has 0 radical (unpaired) electrons. The fourth-order valence-electron chi connectivity index (χ4n) is 3.26. The van der Waals surface area contributed by atoms with Crippen molar-refractivity contribution in [2.75, 3.05) is 0 Å². The minimum absolute atomic E-state index is 0.0362. The molecule has 4 unspecified atom stereocenters. The maximum Gasteiger partial charge on any atom is 0.144 e. The summed E-state index contributed by atoms with van der Waals surface area (Å²) in [5.41, 5.74) is 0. The number of carbonyl (C=O) groups is 3. The lowest BCUT2D eigenvalue weighted by Crippen LogP contribution is -2.34. The standard InChI is InChI=1S/C14H18O3/c1-3-9-4-5-10(6-8(2)15)14-12(17)7-11(16)13(9)14/h4-5,9-10,13-14H,3,6-7H2,1-2H3. The molecular formula is C14H18O3. The van der Waals surface area contributed by atoms with Crippen LogP contribution < -0.4 is 0 Å². The van der Waals surface area contributed by atoms with E-state index in [9.17, 15) is 14.4 Å². The molecule has 3 heteroatoms. The summed E-state index contributed by atoms with van der Waals surface area (Å²) >= 11 is 0. The second kappa shape index (κ2) is 4.55. The van der Waals surface area contributed by atoms with Crippen molar-refractivity contribution < 1.29 is 14.4 Å². The second-order valence-corrected chi connectivity index (χ2v) is 5.19. The van der Waals surface area contributed by atoms with Gasteiger partial charge in [0, 0.05) is 18.3 Å². The third kappa shape index (κ3) is 2.11. The van der Waals surface area contributed by atoms with Gasteiger partial charge in [0.2, 0.25) is 0 Å². The van der Waals surface area contributed by atoms with Crippen LogP contribution in [0, 0.1) is 23.7 Å². The van der Waals surface area contributed by atoms with Gasteiger partial charge in [-0.05, 0) is 25.2 Å². The van der Waals surface area contributed by atoms with Gasteiger partial charge in [-0.2, -0.15) is 0 Å². The van der Waals surface area contributed by atoms with Crippen molar-refractivity contribution in [3.05, 3.63) is 12.2 Å². The third-order valence-corrected chi connectivity index (χ3v) is 4.00. The van der Waals surface area contributed by atoms with Crippen molar-refractivity contribution in [1.82, 2.24) is 0 Å². The van der Waals surface area contributed by atoms with Gasteiger partial charge < -0.3 is 4.79 Å². The zero-order valence-electron chi connectivity index (χ0n) is 10.3. The Bertz CT molecular complexity index is 394. The molecule has 3 nitrogen and oxygen atoms in total. The van der Waals surface area contributed by atoms with Crippen molar-refractivity contribution in [2.24, 2.45) is 23.7 Å². The first kappa shape index (κ1) is 12.2. The van der Waals surface area contributed by atoms with E-state index in [-0.39, 0.29) is 47.4 Å². The van der Waals surface area contributed by atoms with Crippen LogP contribution in [0.5, 0.6) is 0 Å². The number of Topliss-reactive ketones (excluding diaryl/α,β-unsaturated/α-hetero) is 3. The molecule has 2 aliphatic rings. The van der Waals surface area contributed by atoms with Gasteiger partial charge in [-0.1, -0.05) is 19.1 Å². The van der Waals surface area contributed by atoms with E-state index in [4.69, 9.17) is 0 Å². The van der Waals surface area contributed by atoms with Crippen molar-refractivity contribution in [1.29, 1.82) is 0 Å². The number of carbonyl (C=O) groups excluding carboxylic acids is 3. The molecule has 0 amide bonds. The SMILES string of the molecule is CCC1C=CC(CC(C)=O)C2C(=O)CC(=O)C12. The van der Waals surface area contributed by atoms with Crippen LogP contribution in [-0.4, -0.2) is 17.3 Å². The average molecular weight is 234 g/mol. The number of hydrogen-bond acceptors (Lipinski definition) is 3. The lowest BCUT2D eigenvalue weighted by molar-refractivity contribution is -0.124. The number of rotatable bonds is 3. The fourth-order valence-corrected chi connectivity index (χ4v) is 3.26. The van der Waals surface area contributed by atoms with Crippen LogP contribution in [0.25, 0.3) is 0 Å². The Kier molecular flexibility index (Phi) is 3.27. The molecule has 0 spiro atoms. The number of ketones is 3. The molecule has 4 atom stereocenters. The summed E-state index contributed by atoms with van der Waals surface area (Å²) in [4.78, 5) is 35.0. The van der Waals surface area contributed by atoms with E-state index < -0.39 is 0 Å². The van der Waals surface area contributed by atoms with Crippen LogP contribution in [0.2, 0.25) is 0 Å². The third-order valence-electron chi connectivity index (χ3n) is 4.00. The minimum Gasteiger partial charge on any atom is -0.300 e. The Hall–Kier alpha value is -1.25. The van der Waals surface area contributed by atoms with Gasteiger partial charge in [0.1, 0.15) is 17.3 Å². The van der Waals surface area contributed by atoms with Crippen LogP contribution in [0.4, 0.5) is 0 Å². The Balaban J connectivity index is 2.30. The second-order valence-electron chi connectivity index (χ2n) is 5.19. The topological polar surface area (TPSA) is 51.2 Å². The van der Waals surface area contributed by atoms with E-state index in [1.165, 1.54) is 6.92 Å². The van der Waals surface area contributed by atoms with Gasteiger partial charge >= 0.3 is 0 Å². The van der Waals surface area contributed by atoms with Crippen LogP contribution in [0.15, 0.2) is 12.2 Å². The highest BCUT2D eigenvalue weighted by Gasteiger charge is 2.49. The smallest absolute Gasteiger partial charge is 0.144 e. The Morgan fingerprint density at radius 2 is 1.71 bits per heavy atom. The molecule has 0 aromatic carbocycles. The molecule has 0 aliphatic heterocycles. The summed E-state index contributed by atoms with van der Waals surface area (Å²) in [6.45, 7) is 3.57. The molecule has 0 heterocycles. The van der Waals surface area contributed by atoms with Gasteiger partial charge in [-0.25, -0.2) is 0 Å². The van der Waals surface area contributed by atoms with Crippen molar-refractivity contribution in [2.45, 2.75) is 33.1 Å². The summed E-state index contributed by atoms with van der Waals surface area (Å²) in [6, 6.07) is 0. The van der Waals surface area contributed by atoms with Gasteiger partial charge in [-0.15, -0.1) is 0 Å². The summed E-state index contributed by atoms with van der Waals surface area (Å²) in [7, 11) is 0. The van der Waals surface area contributed by atoms with Crippen LogP contribution >= 0.6 is 0 Å². The highest BCUT2D eigenvalue weighted by atomic mass is 16.2. The summed E-state index contributed by atoms with van der Waals surface area (Å²) in [6.07, 6.45) is 5.34. The van der Waals surface area contributed by atoms with E-state index in [1.54, 1.807) is 0 Å².